The number of nitrogens with one attached hydrogen (secondary N) is 2. The number of aryl methyl sites for hydroxylation is 3. The molecule has 0 saturated carbocycles. The van der Waals surface area contributed by atoms with Crippen LogP contribution in [0.25, 0.3) is 10.9 Å². The lowest BCUT2D eigenvalue weighted by Crippen LogP contribution is -2.37. The number of hydrogen-bond acceptors (Lipinski definition) is 3. The zero-order valence-electron chi connectivity index (χ0n) is 16.1. The largest absolute Gasteiger partial charge is 0.355 e. The molecule has 1 atom stereocenters. The van der Waals surface area contributed by atoms with Crippen molar-refractivity contribution < 1.29 is 4.79 Å². The van der Waals surface area contributed by atoms with Crippen molar-refractivity contribution in [3.05, 3.63) is 62.2 Å². The summed E-state index contributed by atoms with van der Waals surface area (Å²) < 4.78 is 1.30. The van der Waals surface area contributed by atoms with Crippen LogP contribution in [0, 0.1) is 0 Å². The quantitative estimate of drug-likeness (QED) is 0.694. The number of rotatable bonds is 3. The van der Waals surface area contributed by atoms with E-state index in [0.717, 1.165) is 72.8 Å². The number of halogens is 1. The molecule has 0 fully saturated rings. The highest BCUT2D eigenvalue weighted by Gasteiger charge is 2.26. The van der Waals surface area contributed by atoms with Gasteiger partial charge in [-0.3, -0.25) is 9.59 Å². The highest BCUT2D eigenvalue weighted by atomic mass is 35.5. The number of aromatic amines is 1. The Balaban J connectivity index is 1.38. The molecule has 6 nitrogen and oxygen atoms in total. The maximum absolute atomic E-state index is 12.7. The number of aromatic nitrogens is 3. The number of carbonyl (C=O) groups is 1. The highest BCUT2D eigenvalue weighted by molar-refractivity contribution is 6.35. The summed E-state index contributed by atoms with van der Waals surface area (Å²) in [4.78, 5) is 28.5. The van der Waals surface area contributed by atoms with E-state index in [9.17, 15) is 9.59 Å². The van der Waals surface area contributed by atoms with Crippen LogP contribution >= 0.6 is 11.6 Å². The summed E-state index contributed by atoms with van der Waals surface area (Å²) in [6.45, 7) is -0.0566. The normalized spacial score (nSPS) is 18.3. The van der Waals surface area contributed by atoms with E-state index in [-0.39, 0.29) is 24.1 Å². The minimum absolute atomic E-state index is 0.0566. The van der Waals surface area contributed by atoms with Gasteiger partial charge in [0.25, 0.3) is 5.56 Å². The molecule has 0 radical (unpaired) electrons. The van der Waals surface area contributed by atoms with Gasteiger partial charge in [-0.25, -0.2) is 4.68 Å². The van der Waals surface area contributed by atoms with Crippen molar-refractivity contribution in [1.29, 1.82) is 0 Å². The van der Waals surface area contributed by atoms with Gasteiger partial charge in [0, 0.05) is 17.1 Å². The van der Waals surface area contributed by atoms with Gasteiger partial charge in [0.05, 0.1) is 22.3 Å². The van der Waals surface area contributed by atoms with Crippen molar-refractivity contribution in [2.24, 2.45) is 0 Å². The third-order valence-electron chi connectivity index (χ3n) is 6.09. The van der Waals surface area contributed by atoms with Crippen molar-refractivity contribution >= 4 is 28.4 Å². The first kappa shape index (κ1) is 18.4. The van der Waals surface area contributed by atoms with E-state index in [4.69, 9.17) is 11.6 Å². The molecule has 5 rings (SSSR count). The predicted molar refractivity (Wildman–Crippen MR) is 112 cm³/mol. The van der Waals surface area contributed by atoms with Crippen LogP contribution in [0.4, 0.5) is 0 Å². The smallest absolute Gasteiger partial charge is 0.267 e. The van der Waals surface area contributed by atoms with Crippen molar-refractivity contribution in [3.8, 4) is 0 Å². The lowest BCUT2D eigenvalue weighted by Gasteiger charge is -2.24. The average molecular weight is 411 g/mol. The van der Waals surface area contributed by atoms with Gasteiger partial charge < -0.3 is 10.3 Å². The summed E-state index contributed by atoms with van der Waals surface area (Å²) in [7, 11) is 0. The van der Waals surface area contributed by atoms with E-state index in [1.807, 2.05) is 12.1 Å². The Bertz CT molecular complexity index is 1160. The Labute approximate surface area is 173 Å². The maximum atomic E-state index is 12.7. The molecular formula is C22H23ClN4O2. The number of hydrogen-bond donors (Lipinski definition) is 2. The molecule has 0 bridgehead atoms. The van der Waals surface area contributed by atoms with E-state index in [0.29, 0.717) is 5.02 Å². The van der Waals surface area contributed by atoms with E-state index in [2.05, 4.69) is 21.5 Å². The Hall–Kier alpha value is -2.60. The monoisotopic (exact) mass is 410 g/mol. The molecule has 2 aliphatic rings. The van der Waals surface area contributed by atoms with Gasteiger partial charge in [0.2, 0.25) is 5.91 Å². The summed E-state index contributed by atoms with van der Waals surface area (Å²) >= 11 is 6.35. The molecule has 0 spiro atoms. The maximum Gasteiger partial charge on any atom is 0.267 e. The molecule has 2 aliphatic carbocycles. The molecule has 1 aromatic carbocycles. The van der Waals surface area contributed by atoms with Crippen LogP contribution in [0.1, 0.15) is 54.2 Å². The van der Waals surface area contributed by atoms with Crippen LogP contribution < -0.4 is 10.9 Å². The molecule has 150 valence electrons. The summed E-state index contributed by atoms with van der Waals surface area (Å²) in [5, 5.41) is 9.36. The van der Waals surface area contributed by atoms with Gasteiger partial charge in [-0.15, -0.1) is 0 Å². The second kappa shape index (κ2) is 7.34. The Kier molecular flexibility index (Phi) is 4.66. The van der Waals surface area contributed by atoms with Crippen molar-refractivity contribution in [3.63, 3.8) is 0 Å². The number of H-pyrrole nitrogens is 1. The molecule has 2 N–H and O–H groups in total. The number of benzene rings is 1. The number of fused-ring (bicyclic) bond motifs is 4. The first-order valence-electron chi connectivity index (χ1n) is 10.3. The molecular weight excluding hydrogens is 388 g/mol. The van der Waals surface area contributed by atoms with Gasteiger partial charge in [0.15, 0.2) is 0 Å². The molecule has 2 aromatic heterocycles. The third-order valence-corrected chi connectivity index (χ3v) is 6.41. The summed E-state index contributed by atoms with van der Waals surface area (Å²) in [5.41, 5.74) is 4.95. The van der Waals surface area contributed by atoms with E-state index >= 15 is 0 Å². The molecule has 29 heavy (non-hydrogen) atoms. The molecule has 0 saturated heterocycles. The minimum Gasteiger partial charge on any atom is -0.355 e. The van der Waals surface area contributed by atoms with Gasteiger partial charge in [-0.05, 0) is 62.1 Å². The number of carbonyl (C=O) groups excluding carboxylic acids is 1. The first-order valence-corrected chi connectivity index (χ1v) is 10.7. The van der Waals surface area contributed by atoms with Crippen LogP contribution in [0.2, 0.25) is 5.02 Å². The highest BCUT2D eigenvalue weighted by Crippen LogP contribution is 2.36. The molecule has 0 unspecified atom stereocenters. The van der Waals surface area contributed by atoms with E-state index in [1.165, 1.54) is 10.2 Å². The van der Waals surface area contributed by atoms with E-state index < -0.39 is 0 Å². The lowest BCUT2D eigenvalue weighted by molar-refractivity contribution is -0.122. The first-order chi connectivity index (χ1) is 14.1. The van der Waals surface area contributed by atoms with Crippen molar-refractivity contribution in [1.82, 2.24) is 20.1 Å². The van der Waals surface area contributed by atoms with Crippen LogP contribution in [0.3, 0.4) is 0 Å². The van der Waals surface area contributed by atoms with Crippen LogP contribution in [-0.2, 0) is 30.6 Å². The van der Waals surface area contributed by atoms with Crippen molar-refractivity contribution in [2.75, 3.05) is 0 Å². The van der Waals surface area contributed by atoms with Gasteiger partial charge in [-0.2, -0.15) is 5.10 Å². The third kappa shape index (κ3) is 3.35. The van der Waals surface area contributed by atoms with Gasteiger partial charge in [-0.1, -0.05) is 23.7 Å². The zero-order valence-corrected chi connectivity index (χ0v) is 16.9. The minimum atomic E-state index is -0.206. The SMILES string of the molecule is O=C(Cn1nc2c(cc1=O)CCCC2)N[C@H]1CCCc2c1[nH]c1c(Cl)cccc21. The van der Waals surface area contributed by atoms with Crippen LogP contribution in [-0.4, -0.2) is 20.7 Å². The standard InChI is InChI=1S/C22H23ClN4O2/c23-16-8-3-6-14-15-7-4-10-18(22(15)25-21(14)16)24-19(28)12-27-20(29)11-13-5-1-2-9-17(13)26-27/h3,6,8,11,18,25H,1-2,4-5,7,9-10,12H2,(H,24,28)/t18-/m0/s1. The van der Waals surface area contributed by atoms with E-state index in [1.54, 1.807) is 6.07 Å². The Morgan fingerprint density at radius 3 is 3.00 bits per heavy atom. The van der Waals surface area contributed by atoms with Gasteiger partial charge >= 0.3 is 0 Å². The van der Waals surface area contributed by atoms with Crippen LogP contribution in [0.5, 0.6) is 0 Å². The van der Waals surface area contributed by atoms with Crippen molar-refractivity contribution in [2.45, 2.75) is 57.5 Å². The second-order valence-electron chi connectivity index (χ2n) is 8.01. The predicted octanol–water partition coefficient (Wildman–Crippen LogP) is 3.45. The fourth-order valence-electron chi connectivity index (χ4n) is 4.69. The van der Waals surface area contributed by atoms with Crippen LogP contribution in [0.15, 0.2) is 29.1 Å². The number of amides is 1. The van der Waals surface area contributed by atoms with Gasteiger partial charge in [0.1, 0.15) is 6.54 Å². The molecule has 0 aliphatic heterocycles. The summed E-state index contributed by atoms with van der Waals surface area (Å²) in [5.74, 6) is -0.196. The zero-order chi connectivity index (χ0) is 20.0. The topological polar surface area (TPSA) is 79.8 Å². The number of nitrogens with zero attached hydrogens (tertiary/aromatic N) is 2. The fourth-order valence-corrected chi connectivity index (χ4v) is 4.91. The molecule has 1 amide bonds. The molecule has 3 aromatic rings. The molecule has 2 heterocycles. The number of para-hydroxylation sites is 1. The lowest BCUT2D eigenvalue weighted by atomic mass is 9.91. The fraction of sp³-hybridized carbons (Fsp3) is 0.409. The average Bonchev–Trinajstić information content (AvgIpc) is 3.10. The Morgan fingerprint density at radius 1 is 1.24 bits per heavy atom. The molecule has 7 heteroatoms. The summed E-state index contributed by atoms with van der Waals surface area (Å²) in [6.07, 6.45) is 6.77. The Morgan fingerprint density at radius 2 is 2.10 bits per heavy atom. The second-order valence-corrected chi connectivity index (χ2v) is 8.42. The summed E-state index contributed by atoms with van der Waals surface area (Å²) in [6, 6.07) is 7.43.